The Morgan fingerprint density at radius 2 is 2.24 bits per heavy atom. The molecule has 2 saturated carbocycles. The van der Waals surface area contributed by atoms with Gasteiger partial charge in [0.15, 0.2) is 0 Å². The molecule has 0 spiro atoms. The van der Waals surface area contributed by atoms with E-state index in [2.05, 4.69) is 34.3 Å². The predicted molar refractivity (Wildman–Crippen MR) is 66.4 cm³/mol. The van der Waals surface area contributed by atoms with E-state index in [1.807, 2.05) is 6.20 Å². The molecule has 0 radical (unpaired) electrons. The molecular weight excluding hydrogens is 212 g/mol. The molecule has 0 aliphatic heterocycles. The van der Waals surface area contributed by atoms with Gasteiger partial charge in [0.2, 0.25) is 0 Å². The van der Waals surface area contributed by atoms with Crippen LogP contribution in [0.2, 0.25) is 0 Å². The molecule has 1 aromatic rings. The standard InChI is InChI=1S/C13H22N4/c1-3-7-17-11(8-15-16-17)13(14-2)12-9-5-4-6-10(9)12/h8-10,12-14H,3-7H2,1-2H3. The first kappa shape index (κ1) is 11.2. The normalized spacial score (nSPS) is 32.5. The number of rotatable bonds is 5. The molecule has 0 aromatic carbocycles. The molecule has 1 aromatic heterocycles. The van der Waals surface area contributed by atoms with Crippen molar-refractivity contribution < 1.29 is 0 Å². The quantitative estimate of drug-likeness (QED) is 0.847. The maximum Gasteiger partial charge on any atom is 0.0759 e. The predicted octanol–water partition coefficient (Wildman–Crippen LogP) is 1.99. The summed E-state index contributed by atoms with van der Waals surface area (Å²) in [5.41, 5.74) is 1.29. The average molecular weight is 234 g/mol. The highest BCUT2D eigenvalue weighted by molar-refractivity contribution is 5.14. The highest BCUT2D eigenvalue weighted by Gasteiger charge is 2.56. The van der Waals surface area contributed by atoms with Crippen LogP contribution in [0.1, 0.15) is 44.3 Å². The van der Waals surface area contributed by atoms with Crippen LogP contribution >= 0.6 is 0 Å². The van der Waals surface area contributed by atoms with Gasteiger partial charge in [-0.3, -0.25) is 0 Å². The van der Waals surface area contributed by atoms with E-state index < -0.39 is 0 Å². The summed E-state index contributed by atoms with van der Waals surface area (Å²) < 4.78 is 2.08. The number of aromatic nitrogens is 3. The maximum atomic E-state index is 4.21. The number of fused-ring (bicyclic) bond motifs is 1. The molecule has 1 N–H and O–H groups in total. The van der Waals surface area contributed by atoms with Crippen LogP contribution in [0.25, 0.3) is 0 Å². The smallest absolute Gasteiger partial charge is 0.0759 e. The third-order valence-corrected chi connectivity index (χ3v) is 4.57. The maximum absolute atomic E-state index is 4.21. The molecule has 94 valence electrons. The van der Waals surface area contributed by atoms with Crippen molar-refractivity contribution in [1.29, 1.82) is 0 Å². The Morgan fingerprint density at radius 3 is 2.88 bits per heavy atom. The van der Waals surface area contributed by atoms with Gasteiger partial charge < -0.3 is 5.32 Å². The largest absolute Gasteiger partial charge is 0.311 e. The van der Waals surface area contributed by atoms with Crippen molar-refractivity contribution in [2.75, 3.05) is 7.05 Å². The van der Waals surface area contributed by atoms with Crippen molar-refractivity contribution >= 4 is 0 Å². The molecular formula is C13H22N4. The molecule has 3 unspecified atom stereocenters. The summed E-state index contributed by atoms with van der Waals surface area (Å²) in [6.45, 7) is 3.17. The number of nitrogens with zero attached hydrogens (tertiary/aromatic N) is 3. The van der Waals surface area contributed by atoms with Gasteiger partial charge in [-0.2, -0.15) is 0 Å². The van der Waals surface area contributed by atoms with Crippen LogP contribution in [-0.4, -0.2) is 22.0 Å². The molecule has 17 heavy (non-hydrogen) atoms. The van der Waals surface area contributed by atoms with Crippen LogP contribution in [0.4, 0.5) is 0 Å². The van der Waals surface area contributed by atoms with E-state index in [1.165, 1.54) is 25.0 Å². The monoisotopic (exact) mass is 234 g/mol. The van der Waals surface area contributed by atoms with E-state index in [-0.39, 0.29) is 0 Å². The molecule has 4 heteroatoms. The van der Waals surface area contributed by atoms with Crippen LogP contribution in [0, 0.1) is 17.8 Å². The molecule has 0 saturated heterocycles. The molecule has 1 heterocycles. The van der Waals surface area contributed by atoms with Crippen molar-refractivity contribution in [2.45, 2.75) is 45.2 Å². The number of hydrogen-bond donors (Lipinski definition) is 1. The lowest BCUT2D eigenvalue weighted by Crippen LogP contribution is -2.24. The summed E-state index contributed by atoms with van der Waals surface area (Å²) in [4.78, 5) is 0. The highest BCUT2D eigenvalue weighted by Crippen LogP contribution is 2.62. The van der Waals surface area contributed by atoms with E-state index in [0.717, 1.165) is 30.7 Å². The van der Waals surface area contributed by atoms with Gasteiger partial charge in [0.1, 0.15) is 0 Å². The van der Waals surface area contributed by atoms with Crippen molar-refractivity contribution in [3.8, 4) is 0 Å². The lowest BCUT2D eigenvalue weighted by molar-refractivity contribution is 0.408. The number of nitrogens with one attached hydrogen (secondary N) is 1. The summed E-state index contributed by atoms with van der Waals surface area (Å²) in [5.74, 6) is 2.78. The molecule has 2 aliphatic rings. The van der Waals surface area contributed by atoms with E-state index in [1.54, 1.807) is 0 Å². The first-order valence-electron chi connectivity index (χ1n) is 6.92. The Bertz CT molecular complexity index is 377. The first-order valence-corrected chi connectivity index (χ1v) is 6.92. The number of aryl methyl sites for hydroxylation is 1. The van der Waals surface area contributed by atoms with Crippen molar-refractivity contribution in [3.05, 3.63) is 11.9 Å². The van der Waals surface area contributed by atoms with Crippen LogP contribution in [0.5, 0.6) is 0 Å². The summed E-state index contributed by atoms with van der Waals surface area (Å²) in [7, 11) is 2.07. The molecule has 3 atom stereocenters. The van der Waals surface area contributed by atoms with Gasteiger partial charge in [-0.25, -0.2) is 4.68 Å². The van der Waals surface area contributed by atoms with E-state index in [4.69, 9.17) is 0 Å². The second-order valence-corrected chi connectivity index (χ2v) is 5.48. The zero-order valence-corrected chi connectivity index (χ0v) is 10.8. The van der Waals surface area contributed by atoms with Gasteiger partial charge in [0.05, 0.1) is 17.9 Å². The molecule has 3 rings (SSSR count). The first-order chi connectivity index (χ1) is 8.36. The highest BCUT2D eigenvalue weighted by atomic mass is 15.4. The summed E-state index contributed by atoms with van der Waals surface area (Å²) >= 11 is 0. The van der Waals surface area contributed by atoms with Gasteiger partial charge in [-0.15, -0.1) is 5.10 Å². The molecule has 2 fully saturated rings. The van der Waals surface area contributed by atoms with E-state index in [9.17, 15) is 0 Å². The Labute approximate surface area is 103 Å². The van der Waals surface area contributed by atoms with E-state index in [0.29, 0.717) is 6.04 Å². The Hall–Kier alpha value is -0.900. The second-order valence-electron chi connectivity index (χ2n) is 5.48. The van der Waals surface area contributed by atoms with Gasteiger partial charge >= 0.3 is 0 Å². The fourth-order valence-electron chi connectivity index (χ4n) is 3.80. The molecule has 2 aliphatic carbocycles. The minimum absolute atomic E-state index is 0.465. The van der Waals surface area contributed by atoms with E-state index >= 15 is 0 Å². The van der Waals surface area contributed by atoms with Crippen molar-refractivity contribution in [1.82, 2.24) is 20.3 Å². The summed E-state index contributed by atoms with van der Waals surface area (Å²) in [5, 5.41) is 11.8. The van der Waals surface area contributed by atoms with Gasteiger partial charge in [0.25, 0.3) is 0 Å². The average Bonchev–Trinajstić information content (AvgIpc) is 2.75. The van der Waals surface area contributed by atoms with Gasteiger partial charge in [-0.1, -0.05) is 18.6 Å². The van der Waals surface area contributed by atoms with Crippen LogP contribution in [-0.2, 0) is 6.54 Å². The zero-order valence-electron chi connectivity index (χ0n) is 10.8. The summed E-state index contributed by atoms with van der Waals surface area (Å²) in [6.07, 6.45) is 7.37. The Kier molecular flexibility index (Phi) is 2.90. The van der Waals surface area contributed by atoms with Crippen LogP contribution in [0.3, 0.4) is 0 Å². The topological polar surface area (TPSA) is 42.7 Å². The van der Waals surface area contributed by atoms with Crippen LogP contribution < -0.4 is 5.32 Å². The van der Waals surface area contributed by atoms with Gasteiger partial charge in [-0.05, 0) is 44.1 Å². The Balaban J connectivity index is 1.78. The third kappa shape index (κ3) is 1.79. The fourth-order valence-corrected chi connectivity index (χ4v) is 3.80. The van der Waals surface area contributed by atoms with Gasteiger partial charge in [0, 0.05) is 6.54 Å². The third-order valence-electron chi connectivity index (χ3n) is 4.57. The van der Waals surface area contributed by atoms with Crippen molar-refractivity contribution in [3.63, 3.8) is 0 Å². The second kappa shape index (κ2) is 4.41. The zero-order chi connectivity index (χ0) is 11.8. The number of hydrogen-bond acceptors (Lipinski definition) is 3. The lowest BCUT2D eigenvalue weighted by Gasteiger charge is -2.18. The lowest BCUT2D eigenvalue weighted by atomic mass is 10.0. The Morgan fingerprint density at radius 1 is 1.47 bits per heavy atom. The molecule has 0 bridgehead atoms. The van der Waals surface area contributed by atoms with Crippen molar-refractivity contribution in [2.24, 2.45) is 17.8 Å². The minimum Gasteiger partial charge on any atom is -0.311 e. The fraction of sp³-hybridized carbons (Fsp3) is 0.846. The van der Waals surface area contributed by atoms with Crippen LogP contribution in [0.15, 0.2) is 6.20 Å². The molecule has 4 nitrogen and oxygen atoms in total. The SMILES string of the molecule is CCCn1nncc1C(NC)C1C2CCCC21. The summed E-state index contributed by atoms with van der Waals surface area (Å²) in [6, 6.07) is 0.465. The molecule has 0 amide bonds. The minimum atomic E-state index is 0.465.